The van der Waals surface area contributed by atoms with E-state index in [9.17, 15) is 0 Å². The Kier molecular flexibility index (Phi) is 3.28. The summed E-state index contributed by atoms with van der Waals surface area (Å²) in [5, 5.41) is 8.97. The molecule has 1 rings (SSSR count). The van der Waals surface area contributed by atoms with Crippen LogP contribution in [0.3, 0.4) is 0 Å². The van der Waals surface area contributed by atoms with Crippen LogP contribution < -0.4 is 0 Å². The second-order valence-corrected chi connectivity index (χ2v) is 2.99. The molecule has 1 nitrogen and oxygen atoms in total. The molecule has 0 saturated heterocycles. The predicted molar refractivity (Wildman–Crippen MR) is 54.9 cm³/mol. The Hall–Kier alpha value is -1.55. The van der Waals surface area contributed by atoms with Crippen molar-refractivity contribution in [2.45, 2.75) is 20.3 Å². The molecule has 1 heteroatoms. The van der Waals surface area contributed by atoms with Crippen LogP contribution in [0.1, 0.15) is 25.8 Å². The van der Waals surface area contributed by atoms with Crippen LogP contribution in [-0.4, -0.2) is 0 Å². The zero-order chi connectivity index (χ0) is 9.68. The second kappa shape index (κ2) is 4.47. The highest BCUT2D eigenvalue weighted by Gasteiger charge is 2.02. The summed E-state index contributed by atoms with van der Waals surface area (Å²) in [6, 6.07) is 12.1. The molecule has 0 radical (unpaired) electrons. The van der Waals surface area contributed by atoms with Gasteiger partial charge in [-0.25, -0.2) is 0 Å². The third-order valence-electron chi connectivity index (χ3n) is 2.13. The predicted octanol–water partition coefficient (Wildman–Crippen LogP) is 3.39. The van der Waals surface area contributed by atoms with Gasteiger partial charge in [-0.15, -0.1) is 0 Å². The van der Waals surface area contributed by atoms with E-state index < -0.39 is 0 Å². The van der Waals surface area contributed by atoms with Crippen molar-refractivity contribution in [1.29, 1.82) is 5.26 Å². The van der Waals surface area contributed by atoms with Gasteiger partial charge in [0.15, 0.2) is 0 Å². The molecule has 0 aliphatic heterocycles. The van der Waals surface area contributed by atoms with E-state index in [4.69, 9.17) is 5.26 Å². The highest BCUT2D eigenvalue weighted by Crippen LogP contribution is 2.19. The largest absolute Gasteiger partial charge is 0.192 e. The van der Waals surface area contributed by atoms with Gasteiger partial charge in [-0.05, 0) is 18.9 Å². The summed E-state index contributed by atoms with van der Waals surface area (Å²) in [5.74, 6) is 0. The lowest BCUT2D eigenvalue weighted by Gasteiger charge is -2.02. The van der Waals surface area contributed by atoms with Crippen molar-refractivity contribution in [1.82, 2.24) is 0 Å². The number of allylic oxidation sites excluding steroid dienone is 2. The fraction of sp³-hybridized carbons (Fsp3) is 0.250. The van der Waals surface area contributed by atoms with E-state index >= 15 is 0 Å². The van der Waals surface area contributed by atoms with Crippen molar-refractivity contribution in [3.63, 3.8) is 0 Å². The average molecular weight is 171 g/mol. The first-order valence-corrected chi connectivity index (χ1v) is 4.44. The van der Waals surface area contributed by atoms with Crippen molar-refractivity contribution in [2.75, 3.05) is 0 Å². The Morgan fingerprint density at radius 1 is 1.31 bits per heavy atom. The number of nitrogens with zero attached hydrogens (tertiary/aromatic N) is 1. The molecule has 0 atom stereocenters. The molecule has 0 heterocycles. The zero-order valence-electron chi connectivity index (χ0n) is 8.04. The van der Waals surface area contributed by atoms with E-state index in [-0.39, 0.29) is 0 Å². The molecule has 0 N–H and O–H groups in total. The first-order chi connectivity index (χ1) is 6.29. The maximum atomic E-state index is 8.97. The highest BCUT2D eigenvalue weighted by atomic mass is 14.3. The first-order valence-electron chi connectivity index (χ1n) is 4.44. The average Bonchev–Trinajstić information content (AvgIpc) is 2.20. The van der Waals surface area contributed by atoms with Gasteiger partial charge in [0.25, 0.3) is 0 Å². The molecule has 0 aliphatic carbocycles. The minimum Gasteiger partial charge on any atom is -0.192 e. The minimum absolute atomic E-state index is 0.808. The molecule has 13 heavy (non-hydrogen) atoms. The number of hydrogen-bond donors (Lipinski definition) is 0. The van der Waals surface area contributed by atoms with Gasteiger partial charge in [-0.2, -0.15) is 5.26 Å². The van der Waals surface area contributed by atoms with Crippen molar-refractivity contribution in [3.8, 4) is 6.07 Å². The minimum atomic E-state index is 0.808. The maximum absolute atomic E-state index is 8.97. The van der Waals surface area contributed by atoms with Crippen molar-refractivity contribution < 1.29 is 0 Å². The molecule has 0 saturated carbocycles. The Morgan fingerprint density at radius 2 is 1.92 bits per heavy atom. The molecule has 0 aromatic heterocycles. The van der Waals surface area contributed by atoms with E-state index in [0.29, 0.717) is 0 Å². The molecular formula is C12H13N. The van der Waals surface area contributed by atoms with E-state index in [2.05, 4.69) is 13.0 Å². The van der Waals surface area contributed by atoms with Crippen LogP contribution in [0.2, 0.25) is 0 Å². The fourth-order valence-corrected chi connectivity index (χ4v) is 1.19. The lowest BCUT2D eigenvalue weighted by molar-refractivity contribution is 1.10. The van der Waals surface area contributed by atoms with Crippen LogP contribution in [-0.2, 0) is 0 Å². The van der Waals surface area contributed by atoms with Crippen molar-refractivity contribution in [3.05, 3.63) is 41.5 Å². The van der Waals surface area contributed by atoms with Crippen LogP contribution in [0.4, 0.5) is 0 Å². The van der Waals surface area contributed by atoms with Gasteiger partial charge in [0, 0.05) is 0 Å². The normalized spacial score (nSPS) is 11.8. The third-order valence-corrected chi connectivity index (χ3v) is 2.13. The molecule has 0 bridgehead atoms. The summed E-state index contributed by atoms with van der Waals surface area (Å²) < 4.78 is 0. The number of nitriles is 1. The van der Waals surface area contributed by atoms with Crippen molar-refractivity contribution >= 4 is 5.57 Å². The van der Waals surface area contributed by atoms with E-state index in [1.165, 1.54) is 0 Å². The SMILES string of the molecule is CC/C(C)=C(/C#N)c1ccccc1. The Bertz CT molecular complexity index is 341. The monoisotopic (exact) mass is 171 g/mol. The van der Waals surface area contributed by atoms with Gasteiger partial charge in [-0.3, -0.25) is 0 Å². The Balaban J connectivity index is 3.15. The number of hydrogen-bond acceptors (Lipinski definition) is 1. The summed E-state index contributed by atoms with van der Waals surface area (Å²) in [4.78, 5) is 0. The molecule has 1 aromatic carbocycles. The topological polar surface area (TPSA) is 23.8 Å². The lowest BCUT2D eigenvalue weighted by atomic mass is 10.0. The van der Waals surface area contributed by atoms with Gasteiger partial charge >= 0.3 is 0 Å². The summed E-state index contributed by atoms with van der Waals surface area (Å²) in [7, 11) is 0. The van der Waals surface area contributed by atoms with Gasteiger partial charge < -0.3 is 0 Å². The zero-order valence-corrected chi connectivity index (χ0v) is 8.04. The molecule has 0 fully saturated rings. The van der Waals surface area contributed by atoms with E-state index in [0.717, 1.165) is 23.1 Å². The maximum Gasteiger partial charge on any atom is 0.0997 e. The third kappa shape index (κ3) is 2.19. The smallest absolute Gasteiger partial charge is 0.0997 e. The molecule has 66 valence electrons. The Labute approximate surface area is 79.3 Å². The first kappa shape index (κ1) is 9.54. The summed E-state index contributed by atoms with van der Waals surface area (Å²) in [5.41, 5.74) is 2.97. The molecule has 0 amide bonds. The van der Waals surface area contributed by atoms with Crippen LogP contribution in [0.15, 0.2) is 35.9 Å². The van der Waals surface area contributed by atoms with Gasteiger partial charge in [0.05, 0.1) is 11.6 Å². The molecular weight excluding hydrogens is 158 g/mol. The summed E-state index contributed by atoms with van der Waals surface area (Å²) >= 11 is 0. The van der Waals surface area contributed by atoms with Crippen LogP contribution >= 0.6 is 0 Å². The summed E-state index contributed by atoms with van der Waals surface area (Å²) in [6.07, 6.45) is 0.928. The van der Waals surface area contributed by atoms with E-state index in [1.54, 1.807) is 0 Å². The highest BCUT2D eigenvalue weighted by molar-refractivity contribution is 5.78. The quantitative estimate of drug-likeness (QED) is 0.626. The second-order valence-electron chi connectivity index (χ2n) is 2.99. The van der Waals surface area contributed by atoms with Gasteiger partial charge in [-0.1, -0.05) is 42.8 Å². The number of rotatable bonds is 2. The fourth-order valence-electron chi connectivity index (χ4n) is 1.19. The lowest BCUT2D eigenvalue weighted by Crippen LogP contribution is -1.85. The summed E-state index contributed by atoms with van der Waals surface area (Å²) in [6.45, 7) is 4.07. The van der Waals surface area contributed by atoms with Gasteiger partial charge in [0.1, 0.15) is 0 Å². The number of benzene rings is 1. The van der Waals surface area contributed by atoms with Crippen LogP contribution in [0.25, 0.3) is 5.57 Å². The molecule has 0 spiro atoms. The van der Waals surface area contributed by atoms with E-state index in [1.807, 2.05) is 37.3 Å². The van der Waals surface area contributed by atoms with Crippen LogP contribution in [0.5, 0.6) is 0 Å². The Morgan fingerprint density at radius 3 is 2.38 bits per heavy atom. The van der Waals surface area contributed by atoms with Crippen LogP contribution in [0, 0.1) is 11.3 Å². The van der Waals surface area contributed by atoms with Crippen molar-refractivity contribution in [2.24, 2.45) is 0 Å². The molecule has 1 aromatic rings. The molecule has 0 aliphatic rings. The molecule has 0 unspecified atom stereocenters. The van der Waals surface area contributed by atoms with Gasteiger partial charge in [0.2, 0.25) is 0 Å². The standard InChI is InChI=1S/C12H13N/c1-3-10(2)12(9-13)11-7-5-4-6-8-11/h4-8H,3H2,1-2H3/b12-10-.